The molecule has 0 amide bonds. The Morgan fingerprint density at radius 2 is 1.48 bits per heavy atom. The van der Waals surface area contributed by atoms with Gasteiger partial charge < -0.3 is 9.84 Å². The lowest BCUT2D eigenvalue weighted by molar-refractivity contribution is -0.384. The van der Waals surface area contributed by atoms with E-state index in [4.69, 9.17) is 4.74 Å². The van der Waals surface area contributed by atoms with Gasteiger partial charge in [-0.25, -0.2) is 4.79 Å². The minimum absolute atomic E-state index is 0.0707. The molecule has 1 N–H and O–H groups in total. The summed E-state index contributed by atoms with van der Waals surface area (Å²) in [6, 6.07) is 16.0. The molecule has 0 aliphatic heterocycles. The standard InChI is InChI=1S/C21H17NO5/c1-13-11-17(12-14(2)20(13)23)15-3-5-16(6-4-15)21(24)27-19-9-7-18(8-10-19)22(25)26/h3-12,23H,1-2H3. The van der Waals surface area contributed by atoms with Crippen LogP contribution >= 0.6 is 0 Å². The molecule has 0 aliphatic carbocycles. The maximum Gasteiger partial charge on any atom is 0.343 e. The van der Waals surface area contributed by atoms with Crippen LogP contribution in [0.25, 0.3) is 11.1 Å². The van der Waals surface area contributed by atoms with E-state index < -0.39 is 10.9 Å². The second-order valence-corrected chi connectivity index (χ2v) is 6.18. The number of hydrogen-bond acceptors (Lipinski definition) is 5. The van der Waals surface area contributed by atoms with Crippen LogP contribution in [0.3, 0.4) is 0 Å². The average Bonchev–Trinajstić information content (AvgIpc) is 2.66. The Balaban J connectivity index is 1.76. The van der Waals surface area contributed by atoms with Crippen LogP contribution in [0.5, 0.6) is 11.5 Å². The molecular weight excluding hydrogens is 346 g/mol. The van der Waals surface area contributed by atoms with Crippen LogP contribution in [0.2, 0.25) is 0 Å². The van der Waals surface area contributed by atoms with Crippen molar-refractivity contribution in [2.45, 2.75) is 13.8 Å². The molecule has 136 valence electrons. The molecule has 0 atom stereocenters. The van der Waals surface area contributed by atoms with Crippen molar-refractivity contribution in [3.05, 3.63) is 87.5 Å². The number of nitro benzene ring substituents is 1. The van der Waals surface area contributed by atoms with Crippen molar-refractivity contribution >= 4 is 11.7 Å². The first-order valence-electron chi connectivity index (χ1n) is 8.22. The van der Waals surface area contributed by atoms with Crippen molar-refractivity contribution in [2.75, 3.05) is 0 Å². The number of rotatable bonds is 4. The van der Waals surface area contributed by atoms with Crippen LogP contribution < -0.4 is 4.74 Å². The lowest BCUT2D eigenvalue weighted by atomic mass is 9.99. The number of carbonyl (C=O) groups is 1. The molecule has 0 radical (unpaired) electrons. The van der Waals surface area contributed by atoms with Crippen molar-refractivity contribution < 1.29 is 19.6 Å². The minimum Gasteiger partial charge on any atom is -0.507 e. The van der Waals surface area contributed by atoms with Gasteiger partial charge in [0, 0.05) is 12.1 Å². The van der Waals surface area contributed by atoms with E-state index in [0.29, 0.717) is 5.56 Å². The monoisotopic (exact) mass is 363 g/mol. The molecule has 0 aromatic heterocycles. The van der Waals surface area contributed by atoms with Crippen molar-refractivity contribution in [1.82, 2.24) is 0 Å². The maximum atomic E-state index is 12.2. The van der Waals surface area contributed by atoms with Gasteiger partial charge in [0.15, 0.2) is 0 Å². The number of phenolic OH excluding ortho intramolecular Hbond substituents is 1. The summed E-state index contributed by atoms with van der Waals surface area (Å²) in [6.07, 6.45) is 0. The predicted molar refractivity (Wildman–Crippen MR) is 101 cm³/mol. The van der Waals surface area contributed by atoms with Gasteiger partial charge in [0.25, 0.3) is 5.69 Å². The Labute approximate surface area is 155 Å². The zero-order chi connectivity index (χ0) is 19.6. The first-order valence-corrected chi connectivity index (χ1v) is 8.22. The normalized spacial score (nSPS) is 10.4. The van der Waals surface area contributed by atoms with Crippen molar-refractivity contribution in [1.29, 1.82) is 0 Å². The van der Waals surface area contributed by atoms with Gasteiger partial charge in [-0.05, 0) is 72.5 Å². The van der Waals surface area contributed by atoms with Gasteiger partial charge in [-0.2, -0.15) is 0 Å². The summed E-state index contributed by atoms with van der Waals surface area (Å²) >= 11 is 0. The highest BCUT2D eigenvalue weighted by atomic mass is 16.6. The molecule has 0 unspecified atom stereocenters. The zero-order valence-electron chi connectivity index (χ0n) is 14.8. The quantitative estimate of drug-likeness (QED) is 0.311. The molecule has 0 saturated carbocycles. The molecule has 0 saturated heterocycles. The summed E-state index contributed by atoms with van der Waals surface area (Å²) in [7, 11) is 0. The van der Waals surface area contributed by atoms with Gasteiger partial charge in [-0.1, -0.05) is 12.1 Å². The molecular formula is C21H17NO5. The van der Waals surface area contributed by atoms with E-state index in [-0.39, 0.29) is 17.2 Å². The van der Waals surface area contributed by atoms with E-state index in [2.05, 4.69) is 0 Å². The van der Waals surface area contributed by atoms with E-state index >= 15 is 0 Å². The van der Waals surface area contributed by atoms with E-state index in [1.807, 2.05) is 26.0 Å². The van der Waals surface area contributed by atoms with Crippen LogP contribution in [0, 0.1) is 24.0 Å². The van der Waals surface area contributed by atoms with Gasteiger partial charge in [0.2, 0.25) is 0 Å². The third-order valence-corrected chi connectivity index (χ3v) is 4.20. The molecule has 0 bridgehead atoms. The average molecular weight is 363 g/mol. The Hall–Kier alpha value is -3.67. The second-order valence-electron chi connectivity index (χ2n) is 6.18. The number of aryl methyl sites for hydroxylation is 2. The van der Waals surface area contributed by atoms with Gasteiger partial charge >= 0.3 is 5.97 Å². The van der Waals surface area contributed by atoms with Crippen LogP contribution in [-0.2, 0) is 0 Å². The molecule has 3 aromatic carbocycles. The highest BCUT2D eigenvalue weighted by molar-refractivity contribution is 5.91. The number of carbonyl (C=O) groups excluding carboxylic acids is 1. The molecule has 27 heavy (non-hydrogen) atoms. The van der Waals surface area contributed by atoms with Crippen LogP contribution in [0.1, 0.15) is 21.5 Å². The van der Waals surface area contributed by atoms with Crippen molar-refractivity contribution in [3.8, 4) is 22.6 Å². The third-order valence-electron chi connectivity index (χ3n) is 4.20. The fourth-order valence-electron chi connectivity index (χ4n) is 2.72. The van der Waals surface area contributed by atoms with Gasteiger partial charge in [0.1, 0.15) is 11.5 Å². The molecule has 6 nitrogen and oxygen atoms in total. The maximum absolute atomic E-state index is 12.2. The number of ether oxygens (including phenoxy) is 1. The summed E-state index contributed by atoms with van der Waals surface area (Å²) in [5.41, 5.74) is 3.72. The number of nitro groups is 1. The number of phenols is 1. The lowest BCUT2D eigenvalue weighted by Gasteiger charge is -2.09. The summed E-state index contributed by atoms with van der Waals surface area (Å²) < 4.78 is 5.24. The summed E-state index contributed by atoms with van der Waals surface area (Å²) in [5.74, 6) is -0.0324. The summed E-state index contributed by atoms with van der Waals surface area (Å²) in [5, 5.41) is 20.5. The SMILES string of the molecule is Cc1cc(-c2ccc(C(=O)Oc3ccc([N+](=O)[O-])cc3)cc2)cc(C)c1O. The molecule has 3 rings (SSSR count). The zero-order valence-corrected chi connectivity index (χ0v) is 14.8. The molecule has 0 aliphatic rings. The molecule has 0 spiro atoms. The fraction of sp³-hybridized carbons (Fsp3) is 0.0952. The topological polar surface area (TPSA) is 89.7 Å². The van der Waals surface area contributed by atoms with E-state index in [1.54, 1.807) is 24.3 Å². The predicted octanol–water partition coefficient (Wildman–Crippen LogP) is 4.80. The number of hydrogen-bond donors (Lipinski definition) is 1. The highest BCUT2D eigenvalue weighted by Gasteiger charge is 2.11. The van der Waals surface area contributed by atoms with Gasteiger partial charge in [-0.3, -0.25) is 10.1 Å². The summed E-state index contributed by atoms with van der Waals surface area (Å²) in [6.45, 7) is 3.67. The molecule has 6 heteroatoms. The Kier molecular flexibility index (Phi) is 4.90. The van der Waals surface area contributed by atoms with Crippen LogP contribution in [-0.4, -0.2) is 16.0 Å². The van der Waals surface area contributed by atoms with Crippen molar-refractivity contribution in [2.24, 2.45) is 0 Å². The summed E-state index contributed by atoms with van der Waals surface area (Å²) in [4.78, 5) is 22.4. The van der Waals surface area contributed by atoms with E-state index in [9.17, 15) is 20.0 Å². The largest absolute Gasteiger partial charge is 0.507 e. The van der Waals surface area contributed by atoms with Gasteiger partial charge in [0.05, 0.1) is 10.5 Å². The molecule has 0 heterocycles. The number of esters is 1. The first kappa shape index (κ1) is 18.1. The number of non-ortho nitro benzene ring substituents is 1. The molecule has 0 fully saturated rings. The van der Waals surface area contributed by atoms with Crippen molar-refractivity contribution in [3.63, 3.8) is 0 Å². The number of aromatic hydroxyl groups is 1. The van der Waals surface area contributed by atoms with Gasteiger partial charge in [-0.15, -0.1) is 0 Å². The first-order chi connectivity index (χ1) is 12.8. The lowest BCUT2D eigenvalue weighted by Crippen LogP contribution is -2.08. The number of benzene rings is 3. The Morgan fingerprint density at radius 3 is 2.00 bits per heavy atom. The van der Waals surface area contributed by atoms with Crippen LogP contribution in [0.4, 0.5) is 5.69 Å². The van der Waals surface area contributed by atoms with Crippen LogP contribution in [0.15, 0.2) is 60.7 Å². The minimum atomic E-state index is -0.548. The third kappa shape index (κ3) is 3.95. The second kappa shape index (κ2) is 7.29. The van der Waals surface area contributed by atoms with E-state index in [1.165, 1.54) is 24.3 Å². The fourth-order valence-corrected chi connectivity index (χ4v) is 2.72. The highest BCUT2D eigenvalue weighted by Crippen LogP contribution is 2.29. The number of nitrogens with zero attached hydrogens (tertiary/aromatic N) is 1. The van der Waals surface area contributed by atoms with E-state index in [0.717, 1.165) is 22.3 Å². The molecule has 3 aromatic rings. The Bertz CT molecular complexity index is 985. The Morgan fingerprint density at radius 1 is 0.926 bits per heavy atom. The smallest absolute Gasteiger partial charge is 0.343 e.